The number of aryl methyl sites for hydroxylation is 2. The number of amides is 1. The Morgan fingerprint density at radius 3 is 2.35 bits per heavy atom. The predicted molar refractivity (Wildman–Crippen MR) is 103 cm³/mol. The summed E-state index contributed by atoms with van der Waals surface area (Å²) in [5.74, 6) is 0.0288. The molecule has 0 aliphatic heterocycles. The summed E-state index contributed by atoms with van der Waals surface area (Å²) >= 11 is 0. The molecule has 0 radical (unpaired) electrons. The highest BCUT2D eigenvalue weighted by molar-refractivity contribution is 7.89. The fourth-order valence-electron chi connectivity index (χ4n) is 2.66. The van der Waals surface area contributed by atoms with Crippen LogP contribution in [0.15, 0.2) is 30.3 Å². The van der Waals surface area contributed by atoms with Crippen molar-refractivity contribution in [1.82, 2.24) is 14.6 Å². The minimum atomic E-state index is -3.33. The molecule has 1 heterocycles. The second-order valence-corrected chi connectivity index (χ2v) is 8.56. The lowest BCUT2D eigenvalue weighted by Crippen LogP contribution is -2.33. The van der Waals surface area contributed by atoms with Gasteiger partial charge in [0.1, 0.15) is 5.82 Å². The summed E-state index contributed by atoms with van der Waals surface area (Å²) < 4.78 is 24.5. The Balaban J connectivity index is 2.09. The summed E-state index contributed by atoms with van der Waals surface area (Å²) in [5.41, 5.74) is 10.00. The van der Waals surface area contributed by atoms with Crippen LogP contribution in [0.4, 0.5) is 5.82 Å². The number of hydrogen-bond acceptors (Lipinski definition) is 5. The molecule has 2 aromatic rings. The van der Waals surface area contributed by atoms with E-state index in [0.717, 1.165) is 26.7 Å². The van der Waals surface area contributed by atoms with Gasteiger partial charge in [0.15, 0.2) is 0 Å². The Kier molecular flexibility index (Phi) is 5.99. The first-order chi connectivity index (χ1) is 12.1. The van der Waals surface area contributed by atoms with Crippen molar-refractivity contribution in [2.24, 2.45) is 0 Å². The number of nitrogen functional groups attached to an aromatic ring is 1. The van der Waals surface area contributed by atoms with Gasteiger partial charge in [-0.3, -0.25) is 4.79 Å². The maximum atomic E-state index is 12.2. The topological polar surface area (TPSA) is 105 Å². The zero-order valence-electron chi connectivity index (χ0n) is 15.4. The first-order valence-corrected chi connectivity index (χ1v) is 9.75. The fraction of sp³-hybridized carbons (Fsp3) is 0.333. The number of hydrogen-bond donors (Lipinski definition) is 2. The van der Waals surface area contributed by atoms with Gasteiger partial charge in [0.05, 0.1) is 5.75 Å². The third kappa shape index (κ3) is 4.59. The van der Waals surface area contributed by atoms with Crippen LogP contribution in [0.25, 0.3) is 11.1 Å². The summed E-state index contributed by atoms with van der Waals surface area (Å²) in [5, 5.41) is 2.63. The highest BCUT2D eigenvalue weighted by Crippen LogP contribution is 2.27. The maximum absolute atomic E-state index is 12.2. The molecule has 2 rings (SSSR count). The molecular weight excluding hydrogens is 352 g/mol. The van der Waals surface area contributed by atoms with Gasteiger partial charge in [-0.1, -0.05) is 12.1 Å². The molecule has 26 heavy (non-hydrogen) atoms. The Hall–Kier alpha value is -2.45. The first-order valence-electron chi connectivity index (χ1n) is 8.14. The fourth-order valence-corrected chi connectivity index (χ4v) is 3.39. The zero-order valence-corrected chi connectivity index (χ0v) is 16.2. The number of aromatic nitrogens is 1. The summed E-state index contributed by atoms with van der Waals surface area (Å²) in [7, 11) is -0.402. The molecule has 0 bridgehead atoms. The quantitative estimate of drug-likeness (QED) is 0.796. The first kappa shape index (κ1) is 19.9. The van der Waals surface area contributed by atoms with Crippen molar-refractivity contribution in [2.75, 3.05) is 32.1 Å². The van der Waals surface area contributed by atoms with Gasteiger partial charge in [-0.05, 0) is 43.2 Å². The van der Waals surface area contributed by atoms with Crippen LogP contribution >= 0.6 is 0 Å². The molecule has 1 amide bonds. The molecule has 0 saturated carbocycles. The van der Waals surface area contributed by atoms with Crippen LogP contribution < -0.4 is 11.1 Å². The number of rotatable bonds is 6. The highest BCUT2D eigenvalue weighted by Gasteiger charge is 2.14. The number of nitrogens with two attached hydrogens (primary N) is 1. The molecule has 8 heteroatoms. The second kappa shape index (κ2) is 7.84. The molecule has 0 atom stereocenters. The lowest BCUT2D eigenvalue weighted by Gasteiger charge is -2.12. The van der Waals surface area contributed by atoms with Crippen molar-refractivity contribution in [1.29, 1.82) is 0 Å². The van der Waals surface area contributed by atoms with Crippen LogP contribution in [0.2, 0.25) is 0 Å². The summed E-state index contributed by atoms with van der Waals surface area (Å²) in [4.78, 5) is 16.5. The molecule has 0 saturated heterocycles. The molecule has 3 N–H and O–H groups in total. The van der Waals surface area contributed by atoms with Crippen LogP contribution in [-0.2, 0) is 10.0 Å². The van der Waals surface area contributed by atoms with E-state index in [9.17, 15) is 13.2 Å². The van der Waals surface area contributed by atoms with Gasteiger partial charge >= 0.3 is 0 Å². The number of pyridine rings is 1. The molecular formula is C18H24N4O3S. The van der Waals surface area contributed by atoms with E-state index in [4.69, 9.17) is 5.73 Å². The third-order valence-corrected chi connectivity index (χ3v) is 5.89. The minimum Gasteiger partial charge on any atom is -0.384 e. The second-order valence-electron chi connectivity index (χ2n) is 6.26. The van der Waals surface area contributed by atoms with Gasteiger partial charge < -0.3 is 11.1 Å². The largest absolute Gasteiger partial charge is 0.384 e. The Morgan fingerprint density at radius 2 is 1.81 bits per heavy atom. The van der Waals surface area contributed by atoms with Gasteiger partial charge in [-0.15, -0.1) is 0 Å². The van der Waals surface area contributed by atoms with E-state index in [2.05, 4.69) is 10.3 Å². The van der Waals surface area contributed by atoms with E-state index >= 15 is 0 Å². The van der Waals surface area contributed by atoms with E-state index < -0.39 is 10.0 Å². The zero-order chi connectivity index (χ0) is 19.5. The third-order valence-electron chi connectivity index (χ3n) is 4.06. The van der Waals surface area contributed by atoms with Gasteiger partial charge in [0.2, 0.25) is 10.0 Å². The Morgan fingerprint density at radius 1 is 1.19 bits per heavy atom. The van der Waals surface area contributed by atoms with Crippen LogP contribution in [0, 0.1) is 13.8 Å². The van der Waals surface area contributed by atoms with Gasteiger partial charge in [0.25, 0.3) is 5.91 Å². The normalized spacial score (nSPS) is 11.6. The van der Waals surface area contributed by atoms with E-state index in [1.54, 1.807) is 12.1 Å². The van der Waals surface area contributed by atoms with E-state index in [1.807, 2.05) is 32.0 Å². The number of carbonyl (C=O) groups is 1. The molecule has 0 unspecified atom stereocenters. The summed E-state index contributed by atoms with van der Waals surface area (Å²) in [6.45, 7) is 3.91. The smallest absolute Gasteiger partial charge is 0.251 e. The minimum absolute atomic E-state index is 0.0567. The lowest BCUT2D eigenvalue weighted by atomic mass is 9.98. The average Bonchev–Trinajstić information content (AvgIpc) is 2.54. The average molecular weight is 376 g/mol. The molecule has 0 fully saturated rings. The standard InChI is InChI=1S/C18H24N4O3S/c1-12-11-16(19)21-13(2)17(12)14-5-7-15(8-6-14)18(23)20-9-10-26(24,25)22(3)4/h5-8,11H,9-10H2,1-4H3,(H2,19,21)(H,20,23). The molecule has 0 aliphatic carbocycles. The molecule has 7 nitrogen and oxygen atoms in total. The van der Waals surface area contributed by atoms with Gasteiger partial charge in [-0.25, -0.2) is 17.7 Å². The SMILES string of the molecule is Cc1cc(N)nc(C)c1-c1ccc(C(=O)NCCS(=O)(=O)N(C)C)cc1. The van der Waals surface area contributed by atoms with Crippen molar-refractivity contribution in [2.45, 2.75) is 13.8 Å². The van der Waals surface area contributed by atoms with Crippen LogP contribution in [-0.4, -0.2) is 50.0 Å². The molecule has 0 spiro atoms. The van der Waals surface area contributed by atoms with Crippen LogP contribution in [0.5, 0.6) is 0 Å². The van der Waals surface area contributed by atoms with Crippen molar-refractivity contribution >= 4 is 21.7 Å². The predicted octanol–water partition coefficient (Wildman–Crippen LogP) is 1.57. The van der Waals surface area contributed by atoms with Crippen molar-refractivity contribution in [3.05, 3.63) is 47.2 Å². The van der Waals surface area contributed by atoms with Gasteiger partial charge in [0, 0.05) is 37.5 Å². The number of nitrogens with zero attached hydrogens (tertiary/aromatic N) is 2. The van der Waals surface area contributed by atoms with E-state index in [0.29, 0.717) is 11.4 Å². The monoisotopic (exact) mass is 376 g/mol. The lowest BCUT2D eigenvalue weighted by molar-refractivity contribution is 0.0956. The molecule has 1 aromatic heterocycles. The Labute approximate surface area is 154 Å². The van der Waals surface area contributed by atoms with Crippen LogP contribution in [0.1, 0.15) is 21.6 Å². The van der Waals surface area contributed by atoms with Crippen LogP contribution in [0.3, 0.4) is 0 Å². The van der Waals surface area contributed by atoms with E-state index in [-0.39, 0.29) is 18.2 Å². The number of nitrogens with one attached hydrogen (secondary N) is 1. The number of anilines is 1. The highest BCUT2D eigenvalue weighted by atomic mass is 32.2. The number of benzene rings is 1. The summed E-state index contributed by atoms with van der Waals surface area (Å²) in [6.07, 6.45) is 0. The molecule has 0 aliphatic rings. The molecule has 1 aromatic carbocycles. The number of sulfonamides is 1. The van der Waals surface area contributed by atoms with Crippen molar-refractivity contribution in [3.63, 3.8) is 0 Å². The maximum Gasteiger partial charge on any atom is 0.251 e. The van der Waals surface area contributed by atoms with E-state index in [1.165, 1.54) is 14.1 Å². The Bertz CT molecular complexity index is 884. The number of carbonyl (C=O) groups excluding carboxylic acids is 1. The van der Waals surface area contributed by atoms with Gasteiger partial charge in [-0.2, -0.15) is 0 Å². The summed E-state index contributed by atoms with van der Waals surface area (Å²) in [6, 6.07) is 8.92. The molecule has 140 valence electrons. The van der Waals surface area contributed by atoms with Crippen molar-refractivity contribution in [3.8, 4) is 11.1 Å². The van der Waals surface area contributed by atoms with Crippen molar-refractivity contribution < 1.29 is 13.2 Å².